The third-order valence-electron chi connectivity index (χ3n) is 1.52. The first-order valence-corrected chi connectivity index (χ1v) is 4.59. The molecule has 0 radical (unpaired) electrons. The average molecular weight is 199 g/mol. The zero-order chi connectivity index (χ0) is 10.1. The molecule has 0 aromatic heterocycles. The summed E-state index contributed by atoms with van der Waals surface area (Å²) in [7, 11) is 0. The van der Waals surface area contributed by atoms with E-state index >= 15 is 0 Å². The van der Waals surface area contributed by atoms with Crippen LogP contribution in [0.3, 0.4) is 0 Å². The highest BCUT2D eigenvalue weighted by atomic mass is 35.5. The smallest absolute Gasteiger partial charge is 0.0578 e. The monoisotopic (exact) mass is 198 g/mol. The predicted molar refractivity (Wildman–Crippen MR) is 59.2 cm³/mol. The van der Waals surface area contributed by atoms with Crippen LogP contribution in [0, 0.1) is 0 Å². The van der Waals surface area contributed by atoms with E-state index in [9.17, 15) is 0 Å². The Morgan fingerprint density at radius 3 is 2.38 bits per heavy atom. The molecule has 0 heterocycles. The summed E-state index contributed by atoms with van der Waals surface area (Å²) in [5, 5.41) is 3.96. The molecule has 3 heteroatoms. The van der Waals surface area contributed by atoms with Crippen LogP contribution in [0.2, 0.25) is 5.02 Å². The Labute approximate surface area is 84.1 Å². The van der Waals surface area contributed by atoms with Gasteiger partial charge in [-0.3, -0.25) is 0 Å². The van der Waals surface area contributed by atoms with Crippen LogP contribution in [0.4, 0.5) is 11.4 Å². The minimum Gasteiger partial charge on any atom is -0.397 e. The molecule has 0 aliphatic rings. The lowest BCUT2D eigenvalue weighted by Crippen LogP contribution is -2.26. The maximum Gasteiger partial charge on any atom is 0.0578 e. The van der Waals surface area contributed by atoms with Gasteiger partial charge in [-0.2, -0.15) is 0 Å². The second-order valence-electron chi connectivity index (χ2n) is 4.11. The van der Waals surface area contributed by atoms with Gasteiger partial charge in [0.15, 0.2) is 0 Å². The van der Waals surface area contributed by atoms with E-state index in [1.54, 1.807) is 6.07 Å². The van der Waals surface area contributed by atoms with Crippen molar-refractivity contribution in [2.75, 3.05) is 11.1 Å². The van der Waals surface area contributed by atoms with Gasteiger partial charge in [0.05, 0.1) is 11.4 Å². The van der Waals surface area contributed by atoms with E-state index in [2.05, 4.69) is 26.1 Å². The SMILES string of the molecule is CC(C)(C)Nc1ccc(Cl)cc1N. The number of hydrogen-bond donors (Lipinski definition) is 2. The van der Waals surface area contributed by atoms with Crippen molar-refractivity contribution in [1.82, 2.24) is 0 Å². The summed E-state index contributed by atoms with van der Waals surface area (Å²) in [6.07, 6.45) is 0. The number of benzene rings is 1. The molecule has 2 nitrogen and oxygen atoms in total. The Bertz CT molecular complexity index is 302. The van der Waals surface area contributed by atoms with Crippen molar-refractivity contribution >= 4 is 23.0 Å². The normalized spacial score (nSPS) is 11.4. The molecule has 0 unspecified atom stereocenters. The molecule has 0 fully saturated rings. The molecule has 1 aromatic carbocycles. The fourth-order valence-electron chi connectivity index (χ4n) is 1.05. The van der Waals surface area contributed by atoms with Gasteiger partial charge in [-0.05, 0) is 39.0 Å². The van der Waals surface area contributed by atoms with Gasteiger partial charge in [0.25, 0.3) is 0 Å². The van der Waals surface area contributed by atoms with Crippen LogP contribution in [0.5, 0.6) is 0 Å². The number of halogens is 1. The first-order valence-electron chi connectivity index (χ1n) is 4.22. The summed E-state index contributed by atoms with van der Waals surface area (Å²) in [6, 6.07) is 5.46. The number of nitrogens with two attached hydrogens (primary N) is 1. The number of rotatable bonds is 1. The summed E-state index contributed by atoms with van der Waals surface area (Å²) in [5.41, 5.74) is 7.41. The molecular formula is C10H15ClN2. The Kier molecular flexibility index (Phi) is 2.71. The van der Waals surface area contributed by atoms with Gasteiger partial charge in [0.2, 0.25) is 0 Å². The third kappa shape index (κ3) is 3.15. The van der Waals surface area contributed by atoms with Crippen molar-refractivity contribution in [2.45, 2.75) is 26.3 Å². The maximum absolute atomic E-state index is 5.78. The van der Waals surface area contributed by atoms with Gasteiger partial charge < -0.3 is 11.1 Å². The second-order valence-corrected chi connectivity index (χ2v) is 4.54. The molecule has 0 saturated carbocycles. The summed E-state index contributed by atoms with van der Waals surface area (Å²) in [4.78, 5) is 0. The number of hydrogen-bond acceptors (Lipinski definition) is 2. The fourth-order valence-corrected chi connectivity index (χ4v) is 1.23. The van der Waals surface area contributed by atoms with E-state index in [0.29, 0.717) is 10.7 Å². The van der Waals surface area contributed by atoms with Crippen LogP contribution < -0.4 is 11.1 Å². The van der Waals surface area contributed by atoms with Crippen LogP contribution in [0.1, 0.15) is 20.8 Å². The molecule has 1 aromatic rings. The Morgan fingerprint density at radius 1 is 1.31 bits per heavy atom. The summed E-state index contributed by atoms with van der Waals surface area (Å²) < 4.78 is 0. The van der Waals surface area contributed by atoms with Crippen molar-refractivity contribution in [1.29, 1.82) is 0 Å². The van der Waals surface area contributed by atoms with Crippen LogP contribution >= 0.6 is 11.6 Å². The lowest BCUT2D eigenvalue weighted by molar-refractivity contribution is 0.634. The maximum atomic E-state index is 5.78. The highest BCUT2D eigenvalue weighted by Gasteiger charge is 2.10. The van der Waals surface area contributed by atoms with Crippen molar-refractivity contribution in [3.8, 4) is 0 Å². The molecule has 1 rings (SSSR count). The molecule has 0 bridgehead atoms. The molecule has 0 aliphatic heterocycles. The number of anilines is 2. The van der Waals surface area contributed by atoms with Crippen LogP contribution in [-0.2, 0) is 0 Å². The highest BCUT2D eigenvalue weighted by molar-refractivity contribution is 6.31. The highest BCUT2D eigenvalue weighted by Crippen LogP contribution is 2.25. The van der Waals surface area contributed by atoms with Gasteiger partial charge in [0.1, 0.15) is 0 Å². The van der Waals surface area contributed by atoms with Gasteiger partial charge >= 0.3 is 0 Å². The number of nitrogens with one attached hydrogen (secondary N) is 1. The Hall–Kier alpha value is -0.890. The van der Waals surface area contributed by atoms with E-state index < -0.39 is 0 Å². The molecule has 0 saturated heterocycles. The average Bonchev–Trinajstić information content (AvgIpc) is 1.93. The fraction of sp³-hybridized carbons (Fsp3) is 0.400. The van der Waals surface area contributed by atoms with Gasteiger partial charge in [-0.15, -0.1) is 0 Å². The van der Waals surface area contributed by atoms with Crippen LogP contribution in [0.25, 0.3) is 0 Å². The van der Waals surface area contributed by atoms with Crippen LogP contribution in [-0.4, -0.2) is 5.54 Å². The van der Waals surface area contributed by atoms with E-state index in [-0.39, 0.29) is 5.54 Å². The van der Waals surface area contributed by atoms with Gasteiger partial charge in [0, 0.05) is 10.6 Å². The predicted octanol–water partition coefficient (Wildman–Crippen LogP) is 3.13. The first kappa shape index (κ1) is 10.2. The molecule has 0 aliphatic carbocycles. The topological polar surface area (TPSA) is 38.0 Å². The van der Waals surface area contributed by atoms with Crippen molar-refractivity contribution < 1.29 is 0 Å². The summed E-state index contributed by atoms with van der Waals surface area (Å²) in [5.74, 6) is 0. The van der Waals surface area contributed by atoms with E-state index in [1.807, 2.05) is 12.1 Å². The van der Waals surface area contributed by atoms with Crippen LogP contribution in [0.15, 0.2) is 18.2 Å². The number of nitrogen functional groups attached to an aromatic ring is 1. The van der Waals surface area contributed by atoms with Gasteiger partial charge in [-0.25, -0.2) is 0 Å². The van der Waals surface area contributed by atoms with Crippen molar-refractivity contribution in [3.63, 3.8) is 0 Å². The molecule has 0 atom stereocenters. The minimum absolute atomic E-state index is 0.0158. The van der Waals surface area contributed by atoms with Gasteiger partial charge in [-0.1, -0.05) is 11.6 Å². The molecule has 3 N–H and O–H groups in total. The van der Waals surface area contributed by atoms with Crippen molar-refractivity contribution in [3.05, 3.63) is 23.2 Å². The zero-order valence-corrected chi connectivity index (χ0v) is 8.94. The largest absolute Gasteiger partial charge is 0.397 e. The summed E-state index contributed by atoms with van der Waals surface area (Å²) >= 11 is 5.78. The zero-order valence-electron chi connectivity index (χ0n) is 8.19. The lowest BCUT2D eigenvalue weighted by Gasteiger charge is -2.23. The molecule has 13 heavy (non-hydrogen) atoms. The van der Waals surface area contributed by atoms with E-state index in [1.165, 1.54) is 0 Å². The molecular weight excluding hydrogens is 184 g/mol. The van der Waals surface area contributed by atoms with E-state index in [0.717, 1.165) is 5.69 Å². The summed E-state index contributed by atoms with van der Waals surface area (Å²) in [6.45, 7) is 6.25. The quantitative estimate of drug-likeness (QED) is 0.681. The first-order chi connectivity index (χ1) is 5.88. The van der Waals surface area contributed by atoms with E-state index in [4.69, 9.17) is 17.3 Å². The lowest BCUT2D eigenvalue weighted by atomic mass is 10.1. The Balaban J connectivity index is 2.90. The molecule has 0 spiro atoms. The third-order valence-corrected chi connectivity index (χ3v) is 1.76. The Morgan fingerprint density at radius 2 is 1.92 bits per heavy atom. The minimum atomic E-state index is 0.0158. The molecule has 0 amide bonds. The molecule has 72 valence electrons. The standard InChI is InChI=1S/C10H15ClN2/c1-10(2,3)13-9-5-4-7(11)6-8(9)12/h4-6,13H,12H2,1-3H3. The second kappa shape index (κ2) is 3.46. The van der Waals surface area contributed by atoms with Crippen molar-refractivity contribution in [2.24, 2.45) is 0 Å².